The van der Waals surface area contributed by atoms with Crippen LogP contribution in [0.2, 0.25) is 0 Å². The van der Waals surface area contributed by atoms with Gasteiger partial charge in [-0.15, -0.1) is 5.10 Å². The number of methoxy groups -OCH3 is 2. The van der Waals surface area contributed by atoms with Gasteiger partial charge in [-0.05, 0) is 37.3 Å². The van der Waals surface area contributed by atoms with Crippen molar-refractivity contribution < 1.29 is 18.7 Å². The van der Waals surface area contributed by atoms with Crippen LogP contribution in [0.1, 0.15) is 29.2 Å². The molecule has 0 spiro atoms. The molecule has 0 aliphatic carbocycles. The van der Waals surface area contributed by atoms with Gasteiger partial charge in [0.2, 0.25) is 5.91 Å². The quantitative estimate of drug-likeness (QED) is 0.485. The second-order valence-electron chi connectivity index (χ2n) is 7.80. The summed E-state index contributed by atoms with van der Waals surface area (Å²) in [5.74, 6) is 0.981. The lowest BCUT2D eigenvalue weighted by Crippen LogP contribution is -2.25. The first-order valence-electron chi connectivity index (χ1n) is 10.6. The van der Waals surface area contributed by atoms with Crippen LogP contribution in [0, 0.1) is 12.7 Å². The average Bonchev–Trinajstić information content (AvgIpc) is 3.19. The number of aryl methyl sites for hydroxylation is 1. The van der Waals surface area contributed by atoms with Gasteiger partial charge in [-0.1, -0.05) is 12.1 Å². The zero-order valence-corrected chi connectivity index (χ0v) is 18.7. The second kappa shape index (κ2) is 8.54. The molecule has 4 aromatic rings. The van der Waals surface area contributed by atoms with Gasteiger partial charge in [-0.25, -0.2) is 9.37 Å². The fourth-order valence-electron chi connectivity index (χ4n) is 4.29. The Balaban J connectivity index is 1.63. The van der Waals surface area contributed by atoms with Crippen molar-refractivity contribution in [1.29, 1.82) is 0 Å². The van der Waals surface area contributed by atoms with Gasteiger partial charge in [0, 0.05) is 29.0 Å². The number of hydrogen-bond donors (Lipinski definition) is 1. The molecule has 0 saturated heterocycles. The predicted molar refractivity (Wildman–Crippen MR) is 122 cm³/mol. The van der Waals surface area contributed by atoms with Gasteiger partial charge in [0.15, 0.2) is 11.5 Å². The molecule has 1 amide bonds. The Labute approximate surface area is 194 Å². The van der Waals surface area contributed by atoms with E-state index in [1.54, 1.807) is 26.4 Å². The summed E-state index contributed by atoms with van der Waals surface area (Å²) >= 11 is 0. The van der Waals surface area contributed by atoms with Gasteiger partial charge in [-0.3, -0.25) is 4.79 Å². The summed E-state index contributed by atoms with van der Waals surface area (Å²) in [7, 11) is 3.14. The van der Waals surface area contributed by atoms with Crippen LogP contribution in [0.5, 0.6) is 11.5 Å². The van der Waals surface area contributed by atoms with E-state index in [2.05, 4.69) is 25.6 Å². The van der Waals surface area contributed by atoms with Crippen LogP contribution >= 0.6 is 0 Å². The van der Waals surface area contributed by atoms with E-state index in [0.29, 0.717) is 34.3 Å². The molecular weight excluding hydrogens is 439 g/mol. The molecular formula is C24H21FN6O3. The number of hydrogen-bond acceptors (Lipinski definition) is 7. The van der Waals surface area contributed by atoms with Crippen molar-refractivity contribution >= 4 is 11.7 Å². The number of aromatic nitrogens is 5. The fraction of sp³-hybridized carbons (Fsp3) is 0.208. The van der Waals surface area contributed by atoms with E-state index < -0.39 is 0 Å². The highest BCUT2D eigenvalue weighted by molar-refractivity contribution is 5.95. The molecule has 2 aromatic carbocycles. The number of rotatable bonds is 5. The lowest BCUT2D eigenvalue weighted by Gasteiger charge is -2.26. The first kappa shape index (κ1) is 21.5. The molecule has 10 heteroatoms. The summed E-state index contributed by atoms with van der Waals surface area (Å²) in [5.41, 5.74) is 3.54. The number of nitrogens with zero attached hydrogens (tertiary/aromatic N) is 5. The summed E-state index contributed by atoms with van der Waals surface area (Å²) in [6.45, 7) is 1.86. The Bertz CT molecular complexity index is 1390. The number of amides is 1. The number of anilines is 1. The van der Waals surface area contributed by atoms with Crippen LogP contribution in [0.3, 0.4) is 0 Å². The fourth-order valence-corrected chi connectivity index (χ4v) is 4.29. The molecule has 5 rings (SSSR count). The smallest absolute Gasteiger partial charge is 0.272 e. The molecule has 0 saturated carbocycles. The van der Waals surface area contributed by atoms with Crippen LogP contribution in [0.25, 0.3) is 17.2 Å². The molecule has 0 fully saturated rings. The zero-order valence-electron chi connectivity index (χ0n) is 18.7. The number of carbonyl (C=O) groups is 1. The molecule has 34 heavy (non-hydrogen) atoms. The maximum absolute atomic E-state index is 13.3. The molecule has 0 unspecified atom stereocenters. The van der Waals surface area contributed by atoms with E-state index in [1.807, 2.05) is 25.1 Å². The molecule has 9 nitrogen and oxygen atoms in total. The minimum Gasteiger partial charge on any atom is -0.493 e. The van der Waals surface area contributed by atoms with Crippen LogP contribution in [-0.4, -0.2) is 45.1 Å². The molecule has 2 aromatic heterocycles. The van der Waals surface area contributed by atoms with Gasteiger partial charge >= 0.3 is 0 Å². The highest BCUT2D eigenvalue weighted by atomic mass is 19.1. The van der Waals surface area contributed by atoms with E-state index in [4.69, 9.17) is 9.47 Å². The average molecular weight is 460 g/mol. The van der Waals surface area contributed by atoms with Crippen LogP contribution in [-0.2, 0) is 4.79 Å². The topological polar surface area (TPSA) is 104 Å². The van der Waals surface area contributed by atoms with Crippen LogP contribution in [0.15, 0.2) is 48.7 Å². The molecule has 172 valence electrons. The normalized spacial score (nSPS) is 14.9. The minimum absolute atomic E-state index is 0.175. The van der Waals surface area contributed by atoms with Crippen molar-refractivity contribution in [3.63, 3.8) is 0 Å². The summed E-state index contributed by atoms with van der Waals surface area (Å²) in [6, 6.07) is 11.5. The van der Waals surface area contributed by atoms with Crippen LogP contribution in [0.4, 0.5) is 10.2 Å². The van der Waals surface area contributed by atoms with E-state index in [-0.39, 0.29) is 30.0 Å². The Morgan fingerprint density at radius 1 is 1.12 bits per heavy atom. The van der Waals surface area contributed by atoms with E-state index >= 15 is 0 Å². The maximum Gasteiger partial charge on any atom is 0.272 e. The molecule has 0 radical (unpaired) electrons. The molecule has 1 N–H and O–H groups in total. The molecule has 1 atom stereocenters. The molecule has 1 aliphatic heterocycles. The van der Waals surface area contributed by atoms with Crippen molar-refractivity contribution in [2.45, 2.75) is 19.3 Å². The number of para-hydroxylation sites is 1. The number of benzene rings is 2. The Hall–Kier alpha value is -4.34. The summed E-state index contributed by atoms with van der Waals surface area (Å²) in [6.07, 6.45) is 1.71. The van der Waals surface area contributed by atoms with Crippen molar-refractivity contribution in [3.05, 3.63) is 71.3 Å². The van der Waals surface area contributed by atoms with Crippen molar-refractivity contribution in [3.8, 4) is 28.7 Å². The largest absolute Gasteiger partial charge is 0.493 e. The van der Waals surface area contributed by atoms with Gasteiger partial charge in [-0.2, -0.15) is 14.9 Å². The highest BCUT2D eigenvalue weighted by Crippen LogP contribution is 2.45. The Morgan fingerprint density at radius 2 is 1.91 bits per heavy atom. The number of fused-ring (bicyclic) bond motifs is 1. The van der Waals surface area contributed by atoms with E-state index in [9.17, 15) is 9.18 Å². The lowest BCUT2D eigenvalue weighted by atomic mass is 9.85. The third kappa shape index (κ3) is 3.62. The third-order valence-electron chi connectivity index (χ3n) is 5.79. The summed E-state index contributed by atoms with van der Waals surface area (Å²) < 4.78 is 25.9. The predicted octanol–water partition coefficient (Wildman–Crippen LogP) is 3.66. The monoisotopic (exact) mass is 460 g/mol. The summed E-state index contributed by atoms with van der Waals surface area (Å²) in [5, 5.41) is 15.7. The number of carbonyl (C=O) groups excluding carboxylic acids is 1. The van der Waals surface area contributed by atoms with E-state index in [0.717, 1.165) is 11.1 Å². The van der Waals surface area contributed by atoms with Gasteiger partial charge in [0.25, 0.3) is 5.95 Å². The van der Waals surface area contributed by atoms with Crippen molar-refractivity contribution in [2.75, 3.05) is 19.5 Å². The van der Waals surface area contributed by atoms with Gasteiger partial charge in [0.05, 0.1) is 31.8 Å². The van der Waals surface area contributed by atoms with Crippen molar-refractivity contribution in [1.82, 2.24) is 25.0 Å². The molecule has 0 bridgehead atoms. The minimum atomic E-state index is -0.343. The van der Waals surface area contributed by atoms with Gasteiger partial charge < -0.3 is 14.8 Å². The summed E-state index contributed by atoms with van der Waals surface area (Å²) in [4.78, 5) is 17.3. The molecule has 1 aliphatic rings. The zero-order chi connectivity index (χ0) is 23.8. The molecule has 3 heterocycles. The number of halogens is 1. The van der Waals surface area contributed by atoms with E-state index in [1.165, 1.54) is 23.0 Å². The standard InChI is InChI=1S/C24H21FN6O3/c1-13-21-17(16-5-4-6-19(33-2)22(16)34-3)11-20(32)28-23(21)31(30-13)24-27-18(12-26-29-24)14-7-9-15(25)10-8-14/h4-10,12,17H,11H2,1-3H3,(H,28,32)/t17-/m0/s1. The number of ether oxygens (including phenoxy) is 2. The van der Waals surface area contributed by atoms with Crippen molar-refractivity contribution in [2.24, 2.45) is 0 Å². The first-order valence-corrected chi connectivity index (χ1v) is 10.6. The second-order valence-corrected chi connectivity index (χ2v) is 7.80. The Kier molecular flexibility index (Phi) is 5.40. The third-order valence-corrected chi connectivity index (χ3v) is 5.79. The number of nitrogens with one attached hydrogen (secondary N) is 1. The Morgan fingerprint density at radius 3 is 2.65 bits per heavy atom. The first-order chi connectivity index (χ1) is 16.5. The SMILES string of the molecule is COc1cccc([C@@H]2CC(=O)Nc3c2c(C)nn3-c2nncc(-c3ccc(F)cc3)n2)c1OC. The van der Waals surface area contributed by atoms with Crippen LogP contribution < -0.4 is 14.8 Å². The maximum atomic E-state index is 13.3. The highest BCUT2D eigenvalue weighted by Gasteiger charge is 2.35. The van der Waals surface area contributed by atoms with Gasteiger partial charge in [0.1, 0.15) is 11.6 Å². The lowest BCUT2D eigenvalue weighted by molar-refractivity contribution is -0.116.